The van der Waals surface area contributed by atoms with Gasteiger partial charge < -0.3 is 9.84 Å². The van der Waals surface area contributed by atoms with Crippen LogP contribution in [0.5, 0.6) is 5.75 Å². The van der Waals surface area contributed by atoms with Gasteiger partial charge in [-0.1, -0.05) is 11.8 Å². The van der Waals surface area contributed by atoms with Gasteiger partial charge in [-0.2, -0.15) is 0 Å². The molecule has 9 heteroatoms. The first-order valence-electron chi connectivity index (χ1n) is 8.49. The van der Waals surface area contributed by atoms with Crippen LogP contribution in [-0.2, 0) is 11.3 Å². The molecule has 0 bridgehead atoms. The van der Waals surface area contributed by atoms with E-state index in [4.69, 9.17) is 9.84 Å². The van der Waals surface area contributed by atoms with E-state index in [0.717, 1.165) is 0 Å². The zero-order chi connectivity index (χ0) is 20.1. The van der Waals surface area contributed by atoms with Gasteiger partial charge in [0.2, 0.25) is 0 Å². The number of nitrogens with zero attached hydrogens (tertiary/aromatic N) is 2. The first-order valence-corrected chi connectivity index (χ1v) is 10.4. The number of hydrogen-bond acceptors (Lipinski definition) is 7. The highest BCUT2D eigenvalue weighted by Gasteiger charge is 2.15. The Hall–Kier alpha value is -2.65. The SMILES string of the molecule is COc1ccc(C(=O)CCCSc2nc3ccsc3c(=O)n2CC(=O)O)cc1. The monoisotopic (exact) mass is 418 g/mol. The molecule has 3 rings (SSSR count). The molecule has 2 aromatic heterocycles. The van der Waals surface area contributed by atoms with Gasteiger partial charge in [-0.25, -0.2) is 4.98 Å². The number of methoxy groups -OCH3 is 1. The molecule has 3 aromatic rings. The number of rotatable bonds is 9. The van der Waals surface area contributed by atoms with Crippen LogP contribution in [0.25, 0.3) is 10.2 Å². The van der Waals surface area contributed by atoms with Gasteiger partial charge in [0.05, 0.1) is 12.6 Å². The zero-order valence-electron chi connectivity index (χ0n) is 15.1. The Morgan fingerprint density at radius 3 is 2.68 bits per heavy atom. The van der Waals surface area contributed by atoms with Crippen molar-refractivity contribution in [3.05, 3.63) is 51.6 Å². The summed E-state index contributed by atoms with van der Waals surface area (Å²) in [7, 11) is 1.57. The van der Waals surface area contributed by atoms with E-state index >= 15 is 0 Å². The number of carbonyl (C=O) groups is 2. The summed E-state index contributed by atoms with van der Waals surface area (Å²) in [5.74, 6) is 0.158. The topological polar surface area (TPSA) is 98.5 Å². The second kappa shape index (κ2) is 9.03. The number of thiophene rings is 1. The molecule has 0 saturated carbocycles. The van der Waals surface area contributed by atoms with E-state index in [1.807, 2.05) is 0 Å². The Morgan fingerprint density at radius 2 is 2.00 bits per heavy atom. The quantitative estimate of drug-likeness (QED) is 0.246. The molecule has 0 saturated heterocycles. The summed E-state index contributed by atoms with van der Waals surface area (Å²) in [6.45, 7) is -0.438. The van der Waals surface area contributed by atoms with Gasteiger partial charge in [0.15, 0.2) is 10.9 Å². The van der Waals surface area contributed by atoms with Gasteiger partial charge in [-0.3, -0.25) is 19.0 Å². The van der Waals surface area contributed by atoms with Crippen molar-refractivity contribution in [1.82, 2.24) is 9.55 Å². The van der Waals surface area contributed by atoms with E-state index in [9.17, 15) is 14.4 Å². The lowest BCUT2D eigenvalue weighted by Crippen LogP contribution is -2.26. The molecular formula is C19H18N2O5S2. The maximum absolute atomic E-state index is 12.5. The molecule has 0 aliphatic heterocycles. The third kappa shape index (κ3) is 4.60. The van der Waals surface area contributed by atoms with Crippen LogP contribution in [0.3, 0.4) is 0 Å². The third-order valence-electron chi connectivity index (χ3n) is 4.02. The average molecular weight is 418 g/mol. The molecule has 2 heterocycles. The summed E-state index contributed by atoms with van der Waals surface area (Å²) >= 11 is 2.53. The maximum Gasteiger partial charge on any atom is 0.323 e. The fourth-order valence-electron chi connectivity index (χ4n) is 2.63. The number of aliphatic carboxylic acids is 1. The lowest BCUT2D eigenvalue weighted by atomic mass is 10.1. The number of fused-ring (bicyclic) bond motifs is 1. The highest BCUT2D eigenvalue weighted by Crippen LogP contribution is 2.22. The Labute approximate surface area is 169 Å². The van der Waals surface area contributed by atoms with Crippen molar-refractivity contribution in [1.29, 1.82) is 0 Å². The Bertz CT molecular complexity index is 1060. The summed E-state index contributed by atoms with van der Waals surface area (Å²) in [4.78, 5) is 40.3. The fraction of sp³-hybridized carbons (Fsp3) is 0.263. The molecule has 0 aliphatic carbocycles. The summed E-state index contributed by atoms with van der Waals surface area (Å²) in [5, 5.41) is 11.2. The van der Waals surface area contributed by atoms with Crippen molar-refractivity contribution < 1.29 is 19.4 Å². The zero-order valence-corrected chi connectivity index (χ0v) is 16.7. The molecule has 0 amide bonds. The number of ether oxygens (including phenoxy) is 1. The third-order valence-corrected chi connectivity index (χ3v) is 5.97. The summed E-state index contributed by atoms with van der Waals surface area (Å²) in [6.07, 6.45) is 0.934. The van der Waals surface area contributed by atoms with E-state index in [-0.39, 0.29) is 11.3 Å². The molecule has 1 aromatic carbocycles. The van der Waals surface area contributed by atoms with Gasteiger partial charge in [-0.15, -0.1) is 11.3 Å². The number of carbonyl (C=O) groups excluding carboxylic acids is 1. The normalized spacial score (nSPS) is 10.9. The second-order valence-electron chi connectivity index (χ2n) is 5.92. The standard InChI is InChI=1S/C19H18N2O5S2/c1-26-13-6-4-12(5-7-13)15(22)3-2-9-28-19-20-14-8-10-27-17(14)18(25)21(19)11-16(23)24/h4-8,10H,2-3,9,11H2,1H3,(H,23,24). The van der Waals surface area contributed by atoms with Crippen molar-refractivity contribution >= 4 is 45.1 Å². The van der Waals surface area contributed by atoms with E-state index in [0.29, 0.717) is 45.3 Å². The lowest BCUT2D eigenvalue weighted by molar-refractivity contribution is -0.137. The summed E-state index contributed by atoms with van der Waals surface area (Å²) in [5.41, 5.74) is 0.832. The van der Waals surface area contributed by atoms with Crippen LogP contribution in [0.4, 0.5) is 0 Å². The highest BCUT2D eigenvalue weighted by atomic mass is 32.2. The molecular weight excluding hydrogens is 400 g/mol. The molecule has 1 N–H and O–H groups in total. The van der Waals surface area contributed by atoms with Crippen molar-refractivity contribution in [2.45, 2.75) is 24.5 Å². The van der Waals surface area contributed by atoms with Gasteiger partial charge >= 0.3 is 5.97 Å². The van der Waals surface area contributed by atoms with Crippen molar-refractivity contribution in [3.63, 3.8) is 0 Å². The molecule has 0 aliphatic rings. The van der Waals surface area contributed by atoms with Gasteiger partial charge in [0.1, 0.15) is 17.0 Å². The predicted octanol–water partition coefficient (Wildman–Crippen LogP) is 3.31. The number of ketones is 1. The fourth-order valence-corrected chi connectivity index (χ4v) is 4.34. The molecule has 7 nitrogen and oxygen atoms in total. The smallest absolute Gasteiger partial charge is 0.323 e. The molecule has 0 atom stereocenters. The van der Waals surface area contributed by atoms with E-state index in [2.05, 4.69) is 4.98 Å². The van der Waals surface area contributed by atoms with Gasteiger partial charge in [0, 0.05) is 17.7 Å². The van der Waals surface area contributed by atoms with Crippen LogP contribution in [0.1, 0.15) is 23.2 Å². The largest absolute Gasteiger partial charge is 0.497 e. The second-order valence-corrected chi connectivity index (χ2v) is 7.90. The summed E-state index contributed by atoms with van der Waals surface area (Å²) < 4.78 is 6.70. The van der Waals surface area contributed by atoms with Gasteiger partial charge in [0.25, 0.3) is 5.56 Å². The van der Waals surface area contributed by atoms with Crippen LogP contribution in [-0.4, -0.2) is 39.3 Å². The van der Waals surface area contributed by atoms with Gasteiger partial charge in [-0.05, 0) is 42.1 Å². The Morgan fingerprint density at radius 1 is 1.25 bits per heavy atom. The first kappa shape index (κ1) is 20.1. The summed E-state index contributed by atoms with van der Waals surface area (Å²) in [6, 6.07) is 8.68. The molecule has 0 unspecified atom stereocenters. The van der Waals surface area contributed by atoms with Crippen molar-refractivity contribution in [3.8, 4) is 5.75 Å². The predicted molar refractivity (Wildman–Crippen MR) is 109 cm³/mol. The first-order chi connectivity index (χ1) is 13.5. The number of aromatic nitrogens is 2. The molecule has 28 heavy (non-hydrogen) atoms. The van der Waals surface area contributed by atoms with Crippen molar-refractivity contribution in [2.24, 2.45) is 0 Å². The minimum Gasteiger partial charge on any atom is -0.497 e. The number of carboxylic acids is 1. The minimum absolute atomic E-state index is 0.0208. The van der Waals surface area contributed by atoms with Crippen LogP contribution < -0.4 is 10.3 Å². The Kier molecular flexibility index (Phi) is 6.48. The molecule has 0 fully saturated rings. The van der Waals surface area contributed by atoms with Crippen LogP contribution >= 0.6 is 23.1 Å². The number of thioether (sulfide) groups is 1. The molecule has 0 radical (unpaired) electrons. The van der Waals surface area contributed by atoms with E-state index in [1.54, 1.807) is 42.8 Å². The average Bonchev–Trinajstić information content (AvgIpc) is 3.16. The number of carboxylic acid groups (broad SMARTS) is 1. The van der Waals surface area contributed by atoms with Crippen LogP contribution in [0.15, 0.2) is 45.7 Å². The maximum atomic E-state index is 12.5. The minimum atomic E-state index is -1.10. The van der Waals surface area contributed by atoms with Crippen LogP contribution in [0, 0.1) is 0 Å². The number of hydrogen-bond donors (Lipinski definition) is 1. The van der Waals surface area contributed by atoms with E-state index < -0.39 is 12.5 Å². The lowest BCUT2D eigenvalue weighted by Gasteiger charge is -2.09. The number of benzene rings is 1. The molecule has 146 valence electrons. The Balaban J connectivity index is 1.65. The van der Waals surface area contributed by atoms with Crippen molar-refractivity contribution in [2.75, 3.05) is 12.9 Å². The highest BCUT2D eigenvalue weighted by molar-refractivity contribution is 7.99. The van der Waals surface area contributed by atoms with E-state index in [1.165, 1.54) is 27.7 Å². The number of Topliss-reactive ketones (excluding diaryl/α,β-unsaturated/α-hetero) is 1. The molecule has 0 spiro atoms. The van der Waals surface area contributed by atoms with Crippen LogP contribution in [0.2, 0.25) is 0 Å².